The molecule has 0 N–H and O–H groups in total. The first-order valence-corrected chi connectivity index (χ1v) is 10.4. The molecule has 2 atom stereocenters. The van der Waals surface area contributed by atoms with E-state index in [0.717, 1.165) is 5.56 Å². The van der Waals surface area contributed by atoms with Gasteiger partial charge >= 0.3 is 0 Å². The molecule has 0 unspecified atom stereocenters. The number of hydrogen-bond acceptors (Lipinski definition) is 5. The third kappa shape index (κ3) is 3.61. The molecule has 8 heteroatoms. The van der Waals surface area contributed by atoms with Crippen molar-refractivity contribution in [3.63, 3.8) is 0 Å². The van der Waals surface area contributed by atoms with Crippen LogP contribution >= 0.6 is 0 Å². The molecule has 160 valence electrons. The van der Waals surface area contributed by atoms with Crippen LogP contribution in [0.3, 0.4) is 0 Å². The van der Waals surface area contributed by atoms with Crippen LogP contribution in [0.15, 0.2) is 29.2 Å². The van der Waals surface area contributed by atoms with Gasteiger partial charge in [-0.1, -0.05) is 6.07 Å². The van der Waals surface area contributed by atoms with Gasteiger partial charge in [-0.05, 0) is 44.9 Å². The van der Waals surface area contributed by atoms with Gasteiger partial charge in [0.15, 0.2) is 0 Å². The van der Waals surface area contributed by atoms with Crippen LogP contribution in [0.25, 0.3) is 16.7 Å². The monoisotopic (exact) mass is 412 g/mol. The molecule has 30 heavy (non-hydrogen) atoms. The van der Waals surface area contributed by atoms with Crippen molar-refractivity contribution in [3.8, 4) is 0 Å². The average molecular weight is 412 g/mol. The van der Waals surface area contributed by atoms with E-state index in [1.54, 1.807) is 23.8 Å². The Bertz CT molecular complexity index is 1140. The Labute approximate surface area is 175 Å². The van der Waals surface area contributed by atoms with E-state index < -0.39 is 0 Å². The molecule has 1 saturated heterocycles. The largest absolute Gasteiger partial charge is 0.385 e. The Morgan fingerprint density at radius 3 is 2.70 bits per heavy atom. The highest BCUT2D eigenvalue weighted by Gasteiger charge is 2.29. The average Bonchev–Trinajstić information content (AvgIpc) is 3.07. The second-order valence-corrected chi connectivity index (χ2v) is 8.03. The van der Waals surface area contributed by atoms with Gasteiger partial charge in [0.2, 0.25) is 0 Å². The fraction of sp³-hybridized carbons (Fsp3) is 0.500. The van der Waals surface area contributed by atoms with Crippen LogP contribution in [-0.2, 0) is 16.0 Å². The predicted octanol–water partition coefficient (Wildman–Crippen LogP) is 2.24. The summed E-state index contributed by atoms with van der Waals surface area (Å²) in [6.07, 6.45) is 2.37. The smallest absolute Gasteiger partial charge is 0.270 e. The van der Waals surface area contributed by atoms with E-state index in [-0.39, 0.29) is 23.7 Å². The highest BCUT2D eigenvalue weighted by molar-refractivity contribution is 5.98. The van der Waals surface area contributed by atoms with Crippen molar-refractivity contribution in [1.29, 1.82) is 0 Å². The molecule has 3 aromatic heterocycles. The van der Waals surface area contributed by atoms with E-state index in [1.807, 2.05) is 42.4 Å². The number of nitrogens with zero attached hydrogens (tertiary/aromatic N) is 4. The number of hydrogen-bond donors (Lipinski definition) is 0. The standard InChI is InChI=1S/C22H28N4O4/c1-14-7-5-8-26-19(14)23-20-17(21(26)27)11-18(25(20)9-6-10-29-4)22(28)24-12-15(2)30-16(3)13-24/h5,7-8,11,15-16H,6,9-10,12-13H2,1-4H3/t15-,16-/m0/s1. The number of methoxy groups -OCH3 is 1. The maximum Gasteiger partial charge on any atom is 0.270 e. The van der Waals surface area contributed by atoms with E-state index in [2.05, 4.69) is 0 Å². The van der Waals surface area contributed by atoms with Gasteiger partial charge in [-0.3, -0.25) is 14.0 Å². The van der Waals surface area contributed by atoms with Crippen LogP contribution in [0, 0.1) is 6.92 Å². The summed E-state index contributed by atoms with van der Waals surface area (Å²) in [5, 5.41) is 0.452. The highest BCUT2D eigenvalue weighted by Crippen LogP contribution is 2.21. The molecular formula is C22H28N4O4. The number of carbonyl (C=O) groups is 1. The van der Waals surface area contributed by atoms with Gasteiger partial charge in [-0.25, -0.2) is 4.98 Å². The first-order valence-electron chi connectivity index (χ1n) is 10.4. The second-order valence-electron chi connectivity index (χ2n) is 8.03. The number of amides is 1. The van der Waals surface area contributed by atoms with Crippen molar-refractivity contribution in [3.05, 3.63) is 46.0 Å². The van der Waals surface area contributed by atoms with Crippen LogP contribution in [-0.4, -0.2) is 63.8 Å². The molecule has 4 heterocycles. The number of carbonyl (C=O) groups excluding carboxylic acids is 1. The molecule has 0 spiro atoms. The molecule has 8 nitrogen and oxygen atoms in total. The Hall–Kier alpha value is -2.71. The molecule has 1 fully saturated rings. The molecule has 0 radical (unpaired) electrons. The molecule has 0 saturated carbocycles. The summed E-state index contributed by atoms with van der Waals surface area (Å²) < 4.78 is 14.4. The molecular weight excluding hydrogens is 384 g/mol. The van der Waals surface area contributed by atoms with Crippen molar-refractivity contribution in [1.82, 2.24) is 18.9 Å². The second kappa shape index (κ2) is 8.20. The zero-order valence-electron chi connectivity index (χ0n) is 17.9. The maximum atomic E-state index is 13.5. The number of morpholine rings is 1. The zero-order chi connectivity index (χ0) is 21.4. The Balaban J connectivity index is 1.87. The zero-order valence-corrected chi connectivity index (χ0v) is 17.9. The third-order valence-electron chi connectivity index (χ3n) is 5.55. The summed E-state index contributed by atoms with van der Waals surface area (Å²) in [7, 11) is 1.65. The lowest BCUT2D eigenvalue weighted by Crippen LogP contribution is -2.48. The van der Waals surface area contributed by atoms with E-state index in [4.69, 9.17) is 14.5 Å². The van der Waals surface area contributed by atoms with Crippen LogP contribution in [0.5, 0.6) is 0 Å². The van der Waals surface area contributed by atoms with Gasteiger partial charge < -0.3 is 18.9 Å². The van der Waals surface area contributed by atoms with E-state index in [1.165, 1.54) is 0 Å². The molecule has 1 aliphatic heterocycles. The van der Waals surface area contributed by atoms with E-state index >= 15 is 0 Å². The number of aryl methyl sites for hydroxylation is 2. The fourth-order valence-corrected chi connectivity index (χ4v) is 4.24. The summed E-state index contributed by atoms with van der Waals surface area (Å²) in [5.41, 5.74) is 2.38. The lowest BCUT2D eigenvalue weighted by Gasteiger charge is -2.35. The van der Waals surface area contributed by atoms with Crippen molar-refractivity contribution >= 4 is 22.6 Å². The minimum absolute atomic E-state index is 0.0296. The van der Waals surface area contributed by atoms with Crippen LogP contribution in [0.1, 0.15) is 36.3 Å². The normalized spacial score (nSPS) is 19.7. The SMILES string of the molecule is COCCCn1c(C(=O)N2C[C@H](C)O[C@@H](C)C2)cc2c(=O)n3cccc(C)c3nc21. The first kappa shape index (κ1) is 20.6. The number of rotatable bonds is 5. The molecule has 0 aliphatic carbocycles. The van der Waals surface area contributed by atoms with Gasteiger partial charge in [0.1, 0.15) is 17.0 Å². The van der Waals surface area contributed by atoms with Gasteiger partial charge in [-0.15, -0.1) is 0 Å². The van der Waals surface area contributed by atoms with Gasteiger partial charge in [0.25, 0.3) is 11.5 Å². The topological polar surface area (TPSA) is 78.1 Å². The number of ether oxygens (including phenoxy) is 2. The maximum absolute atomic E-state index is 13.5. The summed E-state index contributed by atoms with van der Waals surface area (Å²) in [5.74, 6) is -0.0994. The van der Waals surface area contributed by atoms with Gasteiger partial charge in [0, 0.05) is 39.5 Å². The molecule has 4 rings (SSSR count). The first-order chi connectivity index (χ1) is 14.4. The van der Waals surface area contributed by atoms with Crippen molar-refractivity contribution < 1.29 is 14.3 Å². The summed E-state index contributed by atoms with van der Waals surface area (Å²) in [4.78, 5) is 33.2. The van der Waals surface area contributed by atoms with Gasteiger partial charge in [0.05, 0.1) is 17.6 Å². The van der Waals surface area contributed by atoms with Crippen molar-refractivity contribution in [2.24, 2.45) is 0 Å². The molecule has 0 aromatic carbocycles. The number of aromatic nitrogens is 3. The Morgan fingerprint density at radius 2 is 2.00 bits per heavy atom. The Morgan fingerprint density at radius 1 is 1.27 bits per heavy atom. The third-order valence-corrected chi connectivity index (χ3v) is 5.55. The lowest BCUT2D eigenvalue weighted by molar-refractivity contribution is -0.0588. The number of pyridine rings is 1. The lowest BCUT2D eigenvalue weighted by atomic mass is 10.2. The van der Waals surface area contributed by atoms with E-state index in [9.17, 15) is 9.59 Å². The van der Waals surface area contributed by atoms with Crippen LogP contribution < -0.4 is 5.56 Å². The summed E-state index contributed by atoms with van der Waals surface area (Å²) in [6, 6.07) is 5.45. The summed E-state index contributed by atoms with van der Waals surface area (Å²) in [6.45, 7) is 8.01. The van der Waals surface area contributed by atoms with Crippen LogP contribution in [0.4, 0.5) is 0 Å². The molecule has 1 aliphatic rings. The molecule has 1 amide bonds. The molecule has 3 aromatic rings. The van der Waals surface area contributed by atoms with E-state index in [0.29, 0.717) is 55.0 Å². The number of fused-ring (bicyclic) bond motifs is 2. The Kier molecular flexibility index (Phi) is 5.62. The predicted molar refractivity (Wildman–Crippen MR) is 114 cm³/mol. The fourth-order valence-electron chi connectivity index (χ4n) is 4.24. The van der Waals surface area contributed by atoms with Crippen LogP contribution in [0.2, 0.25) is 0 Å². The minimum atomic E-state index is -0.165. The highest BCUT2D eigenvalue weighted by atomic mass is 16.5. The summed E-state index contributed by atoms with van der Waals surface area (Å²) >= 11 is 0. The van der Waals surface area contributed by atoms with Crippen molar-refractivity contribution in [2.75, 3.05) is 26.8 Å². The quantitative estimate of drug-likeness (QED) is 0.601. The van der Waals surface area contributed by atoms with Gasteiger partial charge in [-0.2, -0.15) is 0 Å². The molecule has 0 bridgehead atoms. The van der Waals surface area contributed by atoms with Crippen molar-refractivity contribution in [2.45, 2.75) is 45.9 Å². The minimum Gasteiger partial charge on any atom is -0.385 e.